The monoisotopic (exact) mass is 422 g/mol. The van der Waals surface area contributed by atoms with Crippen LogP contribution < -0.4 is 0 Å². The minimum absolute atomic E-state index is 0.258. The molecule has 0 rings (SSSR count). The third kappa shape index (κ3) is 19.4. The van der Waals surface area contributed by atoms with E-state index in [1.165, 1.54) is 70.6 Å². The van der Waals surface area contributed by atoms with E-state index in [4.69, 9.17) is 9.05 Å². The van der Waals surface area contributed by atoms with Crippen LogP contribution in [0, 0.1) is 0 Å². The van der Waals surface area contributed by atoms with Crippen LogP contribution in [0.15, 0.2) is 0 Å². The molecule has 28 heavy (non-hydrogen) atoms. The second-order valence-corrected chi connectivity index (χ2v) is 10.2. The van der Waals surface area contributed by atoms with Crippen molar-refractivity contribution in [2.45, 2.75) is 104 Å². The van der Waals surface area contributed by atoms with Crippen molar-refractivity contribution >= 4 is 7.82 Å². The van der Waals surface area contributed by atoms with E-state index < -0.39 is 7.82 Å². The lowest BCUT2D eigenvalue weighted by atomic mass is 10.1. The highest BCUT2D eigenvalue weighted by atomic mass is 31.2. The minimum atomic E-state index is -3.90. The topological polar surface area (TPSA) is 55.8 Å². The summed E-state index contributed by atoms with van der Waals surface area (Å²) in [6.07, 6.45) is 17.3. The summed E-state index contributed by atoms with van der Waals surface area (Å²) >= 11 is 0. The third-order valence-corrected chi connectivity index (χ3v) is 6.34. The van der Waals surface area contributed by atoms with E-state index in [1.54, 1.807) is 0 Å². The molecule has 0 amide bonds. The Morgan fingerprint density at radius 2 is 1.07 bits per heavy atom. The molecule has 5 nitrogen and oxygen atoms in total. The Bertz CT molecular complexity index is 391. The fraction of sp³-hybridized carbons (Fsp3) is 1.00. The van der Waals surface area contributed by atoms with E-state index in [9.17, 15) is 9.46 Å². The van der Waals surface area contributed by atoms with E-state index in [0.717, 1.165) is 36.8 Å². The largest absolute Gasteiger partial charge is 0.472 e. The predicted octanol–water partition coefficient (Wildman–Crippen LogP) is 6.70. The predicted molar refractivity (Wildman–Crippen MR) is 120 cm³/mol. The molecule has 6 heteroatoms. The van der Waals surface area contributed by atoms with Gasteiger partial charge in [-0.05, 0) is 19.3 Å². The summed E-state index contributed by atoms with van der Waals surface area (Å²) in [5.41, 5.74) is 0. The number of hydrogen-bond acceptors (Lipinski definition) is 3. The van der Waals surface area contributed by atoms with Crippen molar-refractivity contribution in [2.24, 2.45) is 0 Å². The van der Waals surface area contributed by atoms with Gasteiger partial charge in [-0.25, -0.2) is 4.57 Å². The van der Waals surface area contributed by atoms with Gasteiger partial charge in [-0.2, -0.15) is 0 Å². The van der Waals surface area contributed by atoms with Crippen LogP contribution in [0.4, 0.5) is 0 Å². The van der Waals surface area contributed by atoms with Crippen molar-refractivity contribution in [3.8, 4) is 0 Å². The number of rotatable bonds is 21. The number of hydrogen-bond donors (Lipinski definition) is 1. The maximum atomic E-state index is 11.9. The lowest BCUT2D eigenvalue weighted by Crippen LogP contribution is -2.42. The zero-order valence-electron chi connectivity index (χ0n) is 19.3. The van der Waals surface area contributed by atoms with Gasteiger partial charge in [-0.3, -0.25) is 9.05 Å². The fourth-order valence-electron chi connectivity index (χ4n) is 3.29. The Morgan fingerprint density at radius 1 is 0.643 bits per heavy atom. The molecule has 170 valence electrons. The SMILES string of the molecule is CCCCCCCCCC[N+](C)(C)CCOP(=O)(O)OCCCCCCCC. The molecule has 1 atom stereocenters. The molecule has 0 aliphatic rings. The molecule has 0 aliphatic heterocycles. The van der Waals surface area contributed by atoms with Gasteiger partial charge in [0, 0.05) is 0 Å². The first-order valence-electron chi connectivity index (χ1n) is 11.8. The van der Waals surface area contributed by atoms with Crippen LogP contribution in [0.25, 0.3) is 0 Å². The molecule has 0 aromatic rings. The summed E-state index contributed by atoms with van der Waals surface area (Å²) in [5.74, 6) is 0. The number of nitrogens with zero attached hydrogens (tertiary/aromatic N) is 1. The van der Waals surface area contributed by atoms with Gasteiger partial charge in [0.2, 0.25) is 0 Å². The van der Waals surface area contributed by atoms with Crippen molar-refractivity contribution in [1.82, 2.24) is 0 Å². The molecule has 0 radical (unpaired) electrons. The lowest BCUT2D eigenvalue weighted by molar-refractivity contribution is -0.890. The Labute approximate surface area is 175 Å². The van der Waals surface area contributed by atoms with E-state index in [2.05, 4.69) is 27.9 Å². The molecule has 1 unspecified atom stereocenters. The van der Waals surface area contributed by atoms with Gasteiger partial charge >= 0.3 is 7.82 Å². The lowest BCUT2D eigenvalue weighted by Gasteiger charge is -2.29. The summed E-state index contributed by atoms with van der Waals surface area (Å²) in [7, 11) is 0.414. The van der Waals surface area contributed by atoms with Crippen LogP contribution in [0.3, 0.4) is 0 Å². The van der Waals surface area contributed by atoms with Crippen LogP contribution in [-0.4, -0.2) is 49.8 Å². The molecule has 0 spiro atoms. The standard InChI is InChI=1S/C22H48NO4P/c1-5-7-9-11-13-14-15-17-19-23(3,4)20-22-27-28(24,25)26-21-18-16-12-10-8-6-2/h5-22H2,1-4H3/p+1. The van der Waals surface area contributed by atoms with Gasteiger partial charge in [0.05, 0.1) is 27.2 Å². The van der Waals surface area contributed by atoms with Crippen LogP contribution >= 0.6 is 7.82 Å². The van der Waals surface area contributed by atoms with Crippen molar-refractivity contribution < 1.29 is 23.0 Å². The summed E-state index contributed by atoms with van der Waals surface area (Å²) in [5, 5.41) is 0. The zero-order chi connectivity index (χ0) is 21.1. The molecule has 0 saturated heterocycles. The highest BCUT2D eigenvalue weighted by molar-refractivity contribution is 7.47. The van der Waals surface area contributed by atoms with E-state index >= 15 is 0 Å². The number of phosphoric acid groups is 1. The maximum absolute atomic E-state index is 11.9. The average molecular weight is 423 g/mol. The van der Waals surface area contributed by atoms with Crippen LogP contribution in [0.5, 0.6) is 0 Å². The number of quaternary nitrogens is 1. The number of likely N-dealkylation sites (N-methyl/N-ethyl adjacent to an activating group) is 1. The average Bonchev–Trinajstić information content (AvgIpc) is 2.62. The Kier molecular flexibility index (Phi) is 17.9. The van der Waals surface area contributed by atoms with Gasteiger partial charge in [-0.1, -0.05) is 84.5 Å². The van der Waals surface area contributed by atoms with Gasteiger partial charge < -0.3 is 9.38 Å². The first-order valence-corrected chi connectivity index (χ1v) is 13.3. The molecule has 1 N–H and O–H groups in total. The number of phosphoric ester groups is 1. The van der Waals surface area contributed by atoms with E-state index in [1.807, 2.05) is 0 Å². The first-order chi connectivity index (χ1) is 13.3. The normalized spacial score (nSPS) is 14.3. The summed E-state index contributed by atoms with van der Waals surface area (Å²) in [6, 6.07) is 0. The minimum Gasteiger partial charge on any atom is -0.327 e. The number of unbranched alkanes of at least 4 members (excludes halogenated alkanes) is 12. The molecule has 0 aromatic carbocycles. The van der Waals surface area contributed by atoms with Crippen LogP contribution in [-0.2, 0) is 13.6 Å². The zero-order valence-corrected chi connectivity index (χ0v) is 20.2. The highest BCUT2D eigenvalue weighted by Gasteiger charge is 2.23. The molecule has 0 fully saturated rings. The van der Waals surface area contributed by atoms with Crippen molar-refractivity contribution in [3.63, 3.8) is 0 Å². The van der Waals surface area contributed by atoms with Crippen molar-refractivity contribution in [2.75, 3.05) is 40.4 Å². The van der Waals surface area contributed by atoms with E-state index in [0.29, 0.717) is 6.61 Å². The van der Waals surface area contributed by atoms with Crippen LogP contribution in [0.2, 0.25) is 0 Å². The highest BCUT2D eigenvalue weighted by Crippen LogP contribution is 2.43. The molecule has 0 bridgehead atoms. The van der Waals surface area contributed by atoms with Gasteiger partial charge in [-0.15, -0.1) is 0 Å². The molecular formula is C22H49NO4P+. The second-order valence-electron chi connectivity index (χ2n) is 8.76. The van der Waals surface area contributed by atoms with E-state index in [-0.39, 0.29) is 6.61 Å². The maximum Gasteiger partial charge on any atom is 0.472 e. The van der Waals surface area contributed by atoms with Crippen LogP contribution in [0.1, 0.15) is 104 Å². The van der Waals surface area contributed by atoms with Crippen molar-refractivity contribution in [1.29, 1.82) is 0 Å². The smallest absolute Gasteiger partial charge is 0.327 e. The first kappa shape index (κ1) is 28.1. The summed E-state index contributed by atoms with van der Waals surface area (Å²) in [6.45, 7) is 6.80. The Morgan fingerprint density at radius 3 is 1.61 bits per heavy atom. The third-order valence-electron chi connectivity index (χ3n) is 5.32. The van der Waals surface area contributed by atoms with Gasteiger partial charge in [0.25, 0.3) is 0 Å². The Balaban J connectivity index is 3.68. The summed E-state index contributed by atoms with van der Waals surface area (Å²) < 4.78 is 23.0. The molecular weight excluding hydrogens is 373 g/mol. The molecule has 0 aromatic heterocycles. The molecule has 0 saturated carbocycles. The Hall–Kier alpha value is 0.0700. The molecule has 0 aliphatic carbocycles. The quantitative estimate of drug-likeness (QED) is 0.127. The van der Waals surface area contributed by atoms with Gasteiger partial charge in [0.1, 0.15) is 13.2 Å². The van der Waals surface area contributed by atoms with Gasteiger partial charge in [0.15, 0.2) is 0 Å². The second kappa shape index (κ2) is 17.9. The fourth-order valence-corrected chi connectivity index (χ4v) is 4.04. The van der Waals surface area contributed by atoms with Crippen molar-refractivity contribution in [3.05, 3.63) is 0 Å². The molecule has 0 heterocycles. The summed E-state index contributed by atoms with van der Waals surface area (Å²) in [4.78, 5) is 9.79.